The molecule has 152 valence electrons. The molecule has 0 aliphatic heterocycles. The number of ether oxygens (including phenoxy) is 1. The molecule has 0 atom stereocenters. The van der Waals surface area contributed by atoms with Crippen LogP contribution in [0.2, 0.25) is 0 Å². The Balaban J connectivity index is 1.95. The smallest absolute Gasteiger partial charge is 0.336 e. The van der Waals surface area contributed by atoms with Gasteiger partial charge in [0.05, 0.1) is 12.3 Å². The van der Waals surface area contributed by atoms with Crippen molar-refractivity contribution in [2.75, 3.05) is 11.9 Å². The van der Waals surface area contributed by atoms with E-state index >= 15 is 0 Å². The van der Waals surface area contributed by atoms with Gasteiger partial charge in [-0.3, -0.25) is 4.79 Å². The Hall–Kier alpha value is -3.22. The molecule has 3 aromatic rings. The average Bonchev–Trinajstić information content (AvgIpc) is 3.11. The number of amides is 1. The summed E-state index contributed by atoms with van der Waals surface area (Å²) in [5.74, 6) is 0.285. The number of hydrogen-bond donors (Lipinski definition) is 1. The molecule has 1 amide bonds. The molecule has 0 radical (unpaired) electrons. The van der Waals surface area contributed by atoms with Gasteiger partial charge >= 0.3 is 6.01 Å². The zero-order chi connectivity index (χ0) is 21.0. The Labute approximate surface area is 169 Å². The molecular formula is C22H25FN4O2. The Morgan fingerprint density at radius 2 is 1.86 bits per heavy atom. The van der Waals surface area contributed by atoms with Gasteiger partial charge < -0.3 is 10.1 Å². The van der Waals surface area contributed by atoms with Crippen molar-refractivity contribution in [2.24, 2.45) is 11.8 Å². The Bertz CT molecular complexity index is 981. The molecule has 0 aliphatic rings. The highest BCUT2D eigenvalue weighted by atomic mass is 19.1. The van der Waals surface area contributed by atoms with Gasteiger partial charge in [0.2, 0.25) is 5.91 Å². The molecule has 0 bridgehead atoms. The fourth-order valence-corrected chi connectivity index (χ4v) is 2.56. The molecule has 0 spiro atoms. The highest BCUT2D eigenvalue weighted by molar-refractivity contribution is 5.92. The standard InChI is InChI=1S/C22H25FN4O2/c1-14(2)13-29-22-25-20(16-6-5-7-17(23)12-16)27(26-22)19-10-8-18(9-11-19)24-21(28)15(3)4/h5-12,14-15H,13H2,1-4H3,(H,24,28). The minimum Gasteiger partial charge on any atom is -0.462 e. The lowest BCUT2D eigenvalue weighted by atomic mass is 10.2. The van der Waals surface area contributed by atoms with Gasteiger partial charge in [-0.15, -0.1) is 5.10 Å². The molecule has 29 heavy (non-hydrogen) atoms. The zero-order valence-electron chi connectivity index (χ0n) is 17.0. The van der Waals surface area contributed by atoms with Crippen LogP contribution in [0.15, 0.2) is 48.5 Å². The van der Waals surface area contributed by atoms with Crippen molar-refractivity contribution in [3.63, 3.8) is 0 Å². The van der Waals surface area contributed by atoms with Crippen molar-refractivity contribution in [3.8, 4) is 23.1 Å². The quantitative estimate of drug-likeness (QED) is 0.628. The van der Waals surface area contributed by atoms with Crippen molar-refractivity contribution in [1.82, 2.24) is 14.8 Å². The fraction of sp³-hybridized carbons (Fsp3) is 0.318. The number of benzene rings is 2. The van der Waals surface area contributed by atoms with E-state index in [0.717, 1.165) is 5.69 Å². The lowest BCUT2D eigenvalue weighted by Gasteiger charge is -2.09. The van der Waals surface area contributed by atoms with Crippen molar-refractivity contribution in [1.29, 1.82) is 0 Å². The predicted octanol–water partition coefficient (Wildman–Crippen LogP) is 4.70. The van der Waals surface area contributed by atoms with E-state index in [1.807, 2.05) is 39.8 Å². The van der Waals surface area contributed by atoms with Gasteiger partial charge in [-0.05, 0) is 42.3 Å². The van der Waals surface area contributed by atoms with Gasteiger partial charge in [0.1, 0.15) is 5.82 Å². The maximum absolute atomic E-state index is 13.8. The predicted molar refractivity (Wildman–Crippen MR) is 111 cm³/mol. The van der Waals surface area contributed by atoms with Gasteiger partial charge in [0, 0.05) is 17.2 Å². The van der Waals surface area contributed by atoms with E-state index < -0.39 is 0 Å². The number of nitrogens with one attached hydrogen (secondary N) is 1. The van der Waals surface area contributed by atoms with Crippen LogP contribution in [0.1, 0.15) is 27.7 Å². The average molecular weight is 396 g/mol. The summed E-state index contributed by atoms with van der Waals surface area (Å²) in [7, 11) is 0. The molecule has 1 aromatic heterocycles. The van der Waals surface area contributed by atoms with Crippen molar-refractivity contribution < 1.29 is 13.9 Å². The zero-order valence-corrected chi connectivity index (χ0v) is 17.0. The number of carbonyl (C=O) groups excluding carboxylic acids is 1. The van der Waals surface area contributed by atoms with Crippen molar-refractivity contribution in [2.45, 2.75) is 27.7 Å². The second-order valence-corrected chi connectivity index (χ2v) is 7.54. The molecule has 1 N–H and O–H groups in total. The summed E-state index contributed by atoms with van der Waals surface area (Å²) in [5, 5.41) is 7.30. The van der Waals surface area contributed by atoms with Crippen LogP contribution in [-0.4, -0.2) is 27.3 Å². The third kappa shape index (κ3) is 5.19. The molecule has 0 saturated carbocycles. The van der Waals surface area contributed by atoms with Crippen LogP contribution >= 0.6 is 0 Å². The molecule has 0 fully saturated rings. The topological polar surface area (TPSA) is 69.0 Å². The molecular weight excluding hydrogens is 371 g/mol. The van der Waals surface area contributed by atoms with E-state index in [1.54, 1.807) is 28.9 Å². The van der Waals surface area contributed by atoms with Crippen LogP contribution < -0.4 is 10.1 Å². The maximum atomic E-state index is 13.8. The largest absolute Gasteiger partial charge is 0.462 e. The molecule has 2 aromatic carbocycles. The van der Waals surface area contributed by atoms with Crippen molar-refractivity contribution in [3.05, 3.63) is 54.3 Å². The minimum atomic E-state index is -0.353. The fourth-order valence-electron chi connectivity index (χ4n) is 2.56. The second kappa shape index (κ2) is 8.86. The van der Waals surface area contributed by atoms with Crippen LogP contribution in [0.4, 0.5) is 10.1 Å². The van der Waals surface area contributed by atoms with E-state index in [0.29, 0.717) is 29.6 Å². The summed E-state index contributed by atoms with van der Waals surface area (Å²) in [6.45, 7) is 8.22. The van der Waals surface area contributed by atoms with E-state index in [-0.39, 0.29) is 23.7 Å². The first-order chi connectivity index (χ1) is 13.8. The SMILES string of the molecule is CC(C)COc1nc(-c2cccc(F)c2)n(-c2ccc(NC(=O)C(C)C)cc2)n1. The lowest BCUT2D eigenvalue weighted by Crippen LogP contribution is -2.17. The third-order valence-electron chi connectivity index (χ3n) is 4.12. The van der Waals surface area contributed by atoms with E-state index in [4.69, 9.17) is 4.74 Å². The number of nitrogens with zero attached hydrogens (tertiary/aromatic N) is 3. The van der Waals surface area contributed by atoms with Crippen molar-refractivity contribution >= 4 is 11.6 Å². The van der Waals surface area contributed by atoms with E-state index in [2.05, 4.69) is 15.4 Å². The van der Waals surface area contributed by atoms with Gasteiger partial charge in [-0.2, -0.15) is 4.98 Å². The molecule has 6 nitrogen and oxygen atoms in total. The summed E-state index contributed by atoms with van der Waals surface area (Å²) in [4.78, 5) is 16.3. The molecule has 7 heteroatoms. The first-order valence-electron chi connectivity index (χ1n) is 9.60. The van der Waals surface area contributed by atoms with E-state index in [9.17, 15) is 9.18 Å². The summed E-state index contributed by atoms with van der Waals surface area (Å²) >= 11 is 0. The molecule has 0 aliphatic carbocycles. The lowest BCUT2D eigenvalue weighted by molar-refractivity contribution is -0.118. The molecule has 1 heterocycles. The number of hydrogen-bond acceptors (Lipinski definition) is 4. The number of aromatic nitrogens is 3. The van der Waals surface area contributed by atoms with Gasteiger partial charge in [0.25, 0.3) is 0 Å². The van der Waals surface area contributed by atoms with Crippen LogP contribution in [0.3, 0.4) is 0 Å². The third-order valence-corrected chi connectivity index (χ3v) is 4.12. The van der Waals surface area contributed by atoms with Gasteiger partial charge in [0.15, 0.2) is 5.82 Å². The summed E-state index contributed by atoms with van der Waals surface area (Å²) < 4.78 is 21.0. The molecule has 3 rings (SSSR count). The van der Waals surface area contributed by atoms with Crippen LogP contribution in [0, 0.1) is 17.7 Å². The molecule has 0 saturated heterocycles. The summed E-state index contributed by atoms with van der Waals surface area (Å²) in [6, 6.07) is 13.6. The van der Waals surface area contributed by atoms with Gasteiger partial charge in [-0.25, -0.2) is 9.07 Å². The van der Waals surface area contributed by atoms with E-state index in [1.165, 1.54) is 12.1 Å². The Morgan fingerprint density at radius 3 is 2.48 bits per heavy atom. The summed E-state index contributed by atoms with van der Waals surface area (Å²) in [6.07, 6.45) is 0. The monoisotopic (exact) mass is 396 g/mol. The Kier molecular flexibility index (Phi) is 6.26. The number of anilines is 1. The number of halogens is 1. The maximum Gasteiger partial charge on any atom is 0.336 e. The normalized spacial score (nSPS) is 11.1. The van der Waals surface area contributed by atoms with Gasteiger partial charge in [-0.1, -0.05) is 39.8 Å². The minimum absolute atomic E-state index is 0.0525. The second-order valence-electron chi connectivity index (χ2n) is 7.54. The van der Waals surface area contributed by atoms with Crippen LogP contribution in [0.5, 0.6) is 6.01 Å². The summed E-state index contributed by atoms with van der Waals surface area (Å²) in [5.41, 5.74) is 2.00. The number of carbonyl (C=O) groups is 1. The first kappa shape index (κ1) is 20.5. The van der Waals surface area contributed by atoms with Crippen LogP contribution in [0.25, 0.3) is 17.1 Å². The highest BCUT2D eigenvalue weighted by Crippen LogP contribution is 2.25. The number of rotatable bonds is 7. The Morgan fingerprint density at radius 1 is 1.14 bits per heavy atom. The first-order valence-corrected chi connectivity index (χ1v) is 9.60. The van der Waals surface area contributed by atoms with Crippen LogP contribution in [-0.2, 0) is 4.79 Å². The molecule has 0 unspecified atom stereocenters. The highest BCUT2D eigenvalue weighted by Gasteiger charge is 2.16.